The Kier molecular flexibility index (Phi) is 7.60. The maximum Gasteiger partial charge on any atom is 0.261 e. The van der Waals surface area contributed by atoms with Gasteiger partial charge in [-0.25, -0.2) is 0 Å². The van der Waals surface area contributed by atoms with Gasteiger partial charge in [0.05, 0.1) is 6.10 Å². The Hall–Kier alpha value is -1.68. The predicted molar refractivity (Wildman–Crippen MR) is 118 cm³/mol. The summed E-state index contributed by atoms with van der Waals surface area (Å²) < 4.78 is 6.83. The van der Waals surface area contributed by atoms with E-state index in [4.69, 9.17) is 4.43 Å². The first kappa shape index (κ1) is 21.6. The van der Waals surface area contributed by atoms with Crippen LogP contribution in [-0.2, 0) is 4.43 Å². The van der Waals surface area contributed by atoms with E-state index in [1.807, 2.05) is 6.92 Å². The Labute approximate surface area is 166 Å². The molecule has 2 nitrogen and oxygen atoms in total. The van der Waals surface area contributed by atoms with Crippen LogP contribution in [0.2, 0.25) is 5.04 Å². The summed E-state index contributed by atoms with van der Waals surface area (Å²) in [7, 11) is -2.45. The average molecular weight is 383 g/mol. The van der Waals surface area contributed by atoms with Crippen LogP contribution in [0.15, 0.2) is 72.8 Å². The van der Waals surface area contributed by atoms with Gasteiger partial charge in [-0.05, 0) is 41.6 Å². The molecule has 1 atom stereocenters. The molecule has 2 aromatic carbocycles. The molecule has 0 aliphatic carbocycles. The smallest absolute Gasteiger partial charge is 0.261 e. The van der Waals surface area contributed by atoms with Gasteiger partial charge < -0.3 is 9.53 Å². The lowest BCUT2D eigenvalue weighted by Gasteiger charge is -2.43. The van der Waals surface area contributed by atoms with Crippen LogP contribution in [0.25, 0.3) is 0 Å². The maximum atomic E-state index is 10.1. The van der Waals surface area contributed by atoms with E-state index < -0.39 is 8.32 Å². The van der Waals surface area contributed by atoms with Crippen molar-refractivity contribution >= 4 is 18.7 Å². The maximum absolute atomic E-state index is 10.1. The third-order valence-electron chi connectivity index (χ3n) is 5.00. The van der Waals surface area contributed by atoms with Crippen LogP contribution in [0.4, 0.5) is 0 Å². The second-order valence-corrected chi connectivity index (χ2v) is 12.8. The molecule has 0 aliphatic heterocycles. The lowest BCUT2D eigenvalue weighted by Crippen LogP contribution is -2.66. The van der Waals surface area contributed by atoms with Crippen molar-refractivity contribution in [2.75, 3.05) is 6.61 Å². The molecule has 2 aromatic rings. The minimum absolute atomic E-state index is 0.00791. The van der Waals surface area contributed by atoms with Crippen LogP contribution in [0, 0.1) is 0 Å². The Morgan fingerprint density at radius 2 is 1.48 bits per heavy atom. The molecule has 2 rings (SSSR count). The highest BCUT2D eigenvalue weighted by atomic mass is 28.4. The first-order chi connectivity index (χ1) is 12.8. The van der Waals surface area contributed by atoms with E-state index in [1.54, 1.807) is 0 Å². The summed E-state index contributed by atoms with van der Waals surface area (Å²) >= 11 is 0. The summed E-state index contributed by atoms with van der Waals surface area (Å²) in [5, 5.41) is 12.7. The molecule has 0 amide bonds. The zero-order valence-corrected chi connectivity index (χ0v) is 18.2. The second kappa shape index (κ2) is 9.49. The van der Waals surface area contributed by atoms with E-state index in [0.29, 0.717) is 13.0 Å². The Morgan fingerprint density at radius 1 is 1.00 bits per heavy atom. The SMILES string of the molecule is C=C(C)C[C@H](O)CCCO[Si](c1ccccc1)(c1ccccc1)C(C)(C)C. The molecule has 0 aromatic heterocycles. The van der Waals surface area contributed by atoms with E-state index >= 15 is 0 Å². The highest BCUT2D eigenvalue weighted by Crippen LogP contribution is 2.36. The standard InChI is InChI=1S/C24H34O2Si/c1-20(2)19-21(25)13-12-18-26-27(24(3,4)5,22-14-8-6-9-15-22)23-16-10-7-11-17-23/h6-11,14-17,21,25H,1,12-13,18-19H2,2-5H3/t21-/m1/s1. The third-order valence-corrected chi connectivity index (χ3v) is 10.0. The molecule has 0 fully saturated rings. The molecule has 0 bridgehead atoms. The van der Waals surface area contributed by atoms with Gasteiger partial charge in [0.2, 0.25) is 0 Å². The summed E-state index contributed by atoms with van der Waals surface area (Å²) in [6, 6.07) is 21.4. The molecule has 0 radical (unpaired) electrons. The van der Waals surface area contributed by atoms with Gasteiger partial charge in [-0.15, -0.1) is 6.58 Å². The average Bonchev–Trinajstić information content (AvgIpc) is 2.61. The molecule has 1 N–H and O–H groups in total. The van der Waals surface area contributed by atoms with Crippen molar-refractivity contribution in [1.29, 1.82) is 0 Å². The molecule has 146 valence electrons. The fourth-order valence-electron chi connectivity index (χ4n) is 3.81. The number of hydrogen-bond acceptors (Lipinski definition) is 2. The predicted octanol–water partition coefficient (Wildman–Crippen LogP) is 4.67. The number of benzene rings is 2. The third kappa shape index (κ3) is 5.41. The minimum Gasteiger partial charge on any atom is -0.407 e. The van der Waals surface area contributed by atoms with E-state index in [1.165, 1.54) is 10.4 Å². The molecule has 0 aliphatic rings. The van der Waals surface area contributed by atoms with Crippen molar-refractivity contribution in [3.8, 4) is 0 Å². The number of aliphatic hydroxyl groups is 1. The van der Waals surface area contributed by atoms with Crippen molar-refractivity contribution in [1.82, 2.24) is 0 Å². The minimum atomic E-state index is -2.45. The van der Waals surface area contributed by atoms with Crippen molar-refractivity contribution in [3.63, 3.8) is 0 Å². The molecule has 27 heavy (non-hydrogen) atoms. The van der Waals surface area contributed by atoms with E-state index in [9.17, 15) is 5.11 Å². The van der Waals surface area contributed by atoms with Gasteiger partial charge >= 0.3 is 0 Å². The van der Waals surface area contributed by atoms with E-state index in [-0.39, 0.29) is 11.1 Å². The summed E-state index contributed by atoms with van der Waals surface area (Å²) in [5.41, 5.74) is 1.02. The monoisotopic (exact) mass is 382 g/mol. The molecule has 0 heterocycles. The van der Waals surface area contributed by atoms with Crippen LogP contribution in [0.1, 0.15) is 47.0 Å². The lowest BCUT2D eigenvalue weighted by molar-refractivity contribution is 0.151. The van der Waals surface area contributed by atoms with Crippen LogP contribution in [-0.4, -0.2) is 26.1 Å². The molecular weight excluding hydrogens is 348 g/mol. The molecule has 3 heteroatoms. The highest BCUT2D eigenvalue weighted by Gasteiger charge is 2.49. The van der Waals surface area contributed by atoms with E-state index in [2.05, 4.69) is 88.0 Å². The zero-order chi connectivity index (χ0) is 19.9. The molecule has 0 saturated carbocycles. The van der Waals surface area contributed by atoms with Gasteiger partial charge in [0.1, 0.15) is 0 Å². The number of rotatable bonds is 9. The first-order valence-electron chi connectivity index (χ1n) is 9.85. The van der Waals surface area contributed by atoms with Gasteiger partial charge in [-0.2, -0.15) is 0 Å². The molecule has 0 spiro atoms. The van der Waals surface area contributed by atoms with Crippen molar-refractivity contribution in [2.45, 2.75) is 58.1 Å². The fourth-order valence-corrected chi connectivity index (χ4v) is 8.42. The first-order valence-corrected chi connectivity index (χ1v) is 11.8. The quantitative estimate of drug-likeness (QED) is 0.388. The largest absolute Gasteiger partial charge is 0.407 e. The molecule has 0 saturated heterocycles. The Morgan fingerprint density at radius 3 is 1.89 bits per heavy atom. The molecular formula is C24H34O2Si. The summed E-state index contributed by atoms with van der Waals surface area (Å²) in [6.45, 7) is 13.4. The normalized spacial score (nSPS) is 13.4. The summed E-state index contributed by atoms with van der Waals surface area (Å²) in [5.74, 6) is 0. The highest BCUT2D eigenvalue weighted by molar-refractivity contribution is 6.99. The molecule has 0 unspecified atom stereocenters. The van der Waals surface area contributed by atoms with Crippen molar-refractivity contribution in [2.24, 2.45) is 0 Å². The van der Waals surface area contributed by atoms with Crippen LogP contribution < -0.4 is 10.4 Å². The Bertz CT molecular complexity index is 665. The van der Waals surface area contributed by atoms with Gasteiger partial charge in [0.25, 0.3) is 8.32 Å². The second-order valence-electron chi connectivity index (χ2n) is 8.47. The van der Waals surface area contributed by atoms with Gasteiger partial charge in [-0.3, -0.25) is 0 Å². The van der Waals surface area contributed by atoms with Crippen molar-refractivity contribution < 1.29 is 9.53 Å². The zero-order valence-electron chi connectivity index (χ0n) is 17.2. The van der Waals surface area contributed by atoms with Crippen LogP contribution in [0.3, 0.4) is 0 Å². The van der Waals surface area contributed by atoms with E-state index in [0.717, 1.165) is 18.4 Å². The van der Waals surface area contributed by atoms with Crippen LogP contribution in [0.5, 0.6) is 0 Å². The van der Waals surface area contributed by atoms with Gasteiger partial charge in [0, 0.05) is 6.61 Å². The number of hydrogen-bond donors (Lipinski definition) is 1. The van der Waals surface area contributed by atoms with Gasteiger partial charge in [0.15, 0.2) is 0 Å². The van der Waals surface area contributed by atoms with Gasteiger partial charge in [-0.1, -0.05) is 87.0 Å². The fraction of sp³-hybridized carbons (Fsp3) is 0.417. The van der Waals surface area contributed by atoms with Crippen LogP contribution >= 0.6 is 0 Å². The van der Waals surface area contributed by atoms with Crippen molar-refractivity contribution in [3.05, 3.63) is 72.8 Å². The number of aliphatic hydroxyl groups excluding tert-OH is 1. The summed E-state index contributed by atoms with van der Waals surface area (Å²) in [4.78, 5) is 0. The lowest BCUT2D eigenvalue weighted by atomic mass is 10.1. The summed E-state index contributed by atoms with van der Waals surface area (Å²) in [6.07, 6.45) is 1.92. The topological polar surface area (TPSA) is 29.5 Å². The Balaban J connectivity index is 2.29.